The minimum atomic E-state index is -1.11. The van der Waals surface area contributed by atoms with E-state index < -0.39 is 11.8 Å². The first-order valence-corrected chi connectivity index (χ1v) is 8.16. The molecule has 2 N–H and O–H groups in total. The fourth-order valence-corrected chi connectivity index (χ4v) is 3.49. The highest BCUT2D eigenvalue weighted by atomic mass is 19.1. The molecule has 1 saturated heterocycles. The number of carboxylic acids is 1. The molecule has 3 aromatic rings. The molecule has 0 radical (unpaired) electrons. The smallest absolute Gasteiger partial charge is 0.341 e. The average Bonchev–Trinajstić information content (AvgIpc) is 3.19. The molecule has 0 spiro atoms. The third-order valence-electron chi connectivity index (χ3n) is 4.65. The highest BCUT2D eigenvalue weighted by molar-refractivity contribution is 5.94. The Morgan fingerprint density at radius 1 is 1.46 bits per heavy atom. The Labute approximate surface area is 146 Å². The Hall–Kier alpha value is -3.23. The lowest BCUT2D eigenvalue weighted by molar-refractivity contribution is 0.0698. The standard InChI is InChI=1S/C17H16FN5O3/c1-9-4-13(11-5-10(18)6-19-16(11)24)22(8-9)14-2-3-23-15(21-14)12(7-20-23)17(25)26/h2-3,5-7,9,13H,4,8H2,1H3,(H,19,24)(H,25,26). The number of carboxylic acid groups (broad SMARTS) is 1. The van der Waals surface area contributed by atoms with Crippen LogP contribution in [0.15, 0.2) is 35.5 Å². The zero-order chi connectivity index (χ0) is 18.4. The van der Waals surface area contributed by atoms with Crippen LogP contribution < -0.4 is 10.5 Å². The molecular weight excluding hydrogens is 341 g/mol. The van der Waals surface area contributed by atoms with E-state index in [-0.39, 0.29) is 28.7 Å². The van der Waals surface area contributed by atoms with Gasteiger partial charge in [0.05, 0.1) is 12.2 Å². The van der Waals surface area contributed by atoms with E-state index in [4.69, 9.17) is 0 Å². The number of nitrogens with zero attached hydrogens (tertiary/aromatic N) is 4. The van der Waals surface area contributed by atoms with Gasteiger partial charge in [-0.3, -0.25) is 4.79 Å². The summed E-state index contributed by atoms with van der Waals surface area (Å²) in [6, 6.07) is 2.62. The number of aromatic nitrogens is 4. The van der Waals surface area contributed by atoms with Gasteiger partial charge in [-0.25, -0.2) is 18.7 Å². The monoisotopic (exact) mass is 357 g/mol. The zero-order valence-corrected chi connectivity index (χ0v) is 13.9. The maximum Gasteiger partial charge on any atom is 0.341 e. The number of anilines is 1. The third kappa shape index (κ3) is 2.61. The SMILES string of the molecule is CC1CC(c2cc(F)c[nH]c2=O)N(c2ccn3ncc(C(=O)O)c3n2)C1. The van der Waals surface area contributed by atoms with Gasteiger partial charge in [0.1, 0.15) is 17.2 Å². The largest absolute Gasteiger partial charge is 0.477 e. The molecule has 1 fully saturated rings. The molecule has 9 heteroatoms. The van der Waals surface area contributed by atoms with Gasteiger partial charge in [-0.05, 0) is 24.5 Å². The Morgan fingerprint density at radius 3 is 3.04 bits per heavy atom. The second-order valence-corrected chi connectivity index (χ2v) is 6.53. The summed E-state index contributed by atoms with van der Waals surface area (Å²) in [5.41, 5.74) is 0.218. The van der Waals surface area contributed by atoms with Crippen LogP contribution in [0.3, 0.4) is 0 Å². The van der Waals surface area contributed by atoms with E-state index in [1.807, 2.05) is 11.8 Å². The predicted molar refractivity (Wildman–Crippen MR) is 90.8 cm³/mol. The Balaban J connectivity index is 1.81. The molecule has 0 aliphatic carbocycles. The van der Waals surface area contributed by atoms with Crippen molar-refractivity contribution >= 4 is 17.4 Å². The molecule has 8 nitrogen and oxygen atoms in total. The summed E-state index contributed by atoms with van der Waals surface area (Å²) in [4.78, 5) is 32.3. The van der Waals surface area contributed by atoms with Crippen molar-refractivity contribution in [1.29, 1.82) is 0 Å². The number of hydrogen-bond donors (Lipinski definition) is 2. The van der Waals surface area contributed by atoms with Gasteiger partial charge in [-0.15, -0.1) is 0 Å². The Bertz CT molecular complexity index is 1060. The zero-order valence-electron chi connectivity index (χ0n) is 13.9. The van der Waals surface area contributed by atoms with Gasteiger partial charge in [-0.2, -0.15) is 5.10 Å². The van der Waals surface area contributed by atoms with E-state index >= 15 is 0 Å². The molecule has 4 rings (SSSR count). The maximum absolute atomic E-state index is 13.7. The van der Waals surface area contributed by atoms with Gasteiger partial charge in [0, 0.05) is 24.5 Å². The molecule has 2 unspecified atom stereocenters. The van der Waals surface area contributed by atoms with Crippen molar-refractivity contribution < 1.29 is 14.3 Å². The predicted octanol–water partition coefficient (Wildman–Crippen LogP) is 1.84. The number of nitrogens with one attached hydrogen (secondary N) is 1. The molecule has 1 aliphatic heterocycles. The molecule has 134 valence electrons. The molecule has 4 heterocycles. The average molecular weight is 357 g/mol. The van der Waals surface area contributed by atoms with Crippen molar-refractivity contribution in [3.8, 4) is 0 Å². The summed E-state index contributed by atoms with van der Waals surface area (Å²) in [7, 11) is 0. The maximum atomic E-state index is 13.7. The number of pyridine rings is 1. The summed E-state index contributed by atoms with van der Waals surface area (Å²) >= 11 is 0. The molecule has 1 aliphatic rings. The number of rotatable bonds is 3. The summed E-state index contributed by atoms with van der Waals surface area (Å²) in [6.45, 7) is 2.67. The fraction of sp³-hybridized carbons (Fsp3) is 0.294. The lowest BCUT2D eigenvalue weighted by Crippen LogP contribution is -2.29. The van der Waals surface area contributed by atoms with Crippen LogP contribution in [0.2, 0.25) is 0 Å². The van der Waals surface area contributed by atoms with E-state index in [2.05, 4.69) is 15.1 Å². The van der Waals surface area contributed by atoms with E-state index in [1.54, 1.807) is 12.3 Å². The van der Waals surface area contributed by atoms with Gasteiger partial charge >= 0.3 is 5.97 Å². The van der Waals surface area contributed by atoms with Crippen molar-refractivity contribution in [2.45, 2.75) is 19.4 Å². The molecule has 0 bridgehead atoms. The topological polar surface area (TPSA) is 104 Å². The fourth-order valence-electron chi connectivity index (χ4n) is 3.49. The number of carbonyl (C=O) groups is 1. The minimum absolute atomic E-state index is 0.000696. The van der Waals surface area contributed by atoms with E-state index in [0.29, 0.717) is 24.3 Å². The van der Waals surface area contributed by atoms with Crippen molar-refractivity contribution in [2.24, 2.45) is 5.92 Å². The van der Waals surface area contributed by atoms with Crippen molar-refractivity contribution in [3.05, 3.63) is 58.0 Å². The highest BCUT2D eigenvalue weighted by Crippen LogP contribution is 2.37. The van der Waals surface area contributed by atoms with Crippen LogP contribution in [0.1, 0.15) is 35.3 Å². The van der Waals surface area contributed by atoms with Crippen LogP contribution in [-0.2, 0) is 0 Å². The highest BCUT2D eigenvalue weighted by Gasteiger charge is 2.34. The lowest BCUT2D eigenvalue weighted by atomic mass is 10.0. The molecule has 0 aromatic carbocycles. The van der Waals surface area contributed by atoms with Crippen molar-refractivity contribution in [3.63, 3.8) is 0 Å². The number of halogens is 1. The van der Waals surface area contributed by atoms with Gasteiger partial charge in [0.25, 0.3) is 5.56 Å². The van der Waals surface area contributed by atoms with Gasteiger partial charge in [0.15, 0.2) is 5.65 Å². The van der Waals surface area contributed by atoms with Gasteiger partial charge < -0.3 is 15.0 Å². The molecular formula is C17H16FN5O3. The van der Waals surface area contributed by atoms with Crippen LogP contribution >= 0.6 is 0 Å². The first kappa shape index (κ1) is 16.2. The normalized spacial score (nSPS) is 20.0. The van der Waals surface area contributed by atoms with E-state index in [0.717, 1.165) is 6.20 Å². The first-order valence-electron chi connectivity index (χ1n) is 8.16. The molecule has 26 heavy (non-hydrogen) atoms. The van der Waals surface area contributed by atoms with Gasteiger partial charge in [-0.1, -0.05) is 6.92 Å². The second-order valence-electron chi connectivity index (χ2n) is 6.53. The number of H-pyrrole nitrogens is 1. The van der Waals surface area contributed by atoms with Crippen LogP contribution in [0.25, 0.3) is 5.65 Å². The Morgan fingerprint density at radius 2 is 2.27 bits per heavy atom. The summed E-state index contributed by atoms with van der Waals surface area (Å²) < 4.78 is 15.0. The molecule has 0 saturated carbocycles. The Kier molecular flexibility index (Phi) is 3.71. The van der Waals surface area contributed by atoms with Crippen LogP contribution in [0.5, 0.6) is 0 Å². The third-order valence-corrected chi connectivity index (χ3v) is 4.65. The number of hydrogen-bond acceptors (Lipinski definition) is 5. The van der Waals surface area contributed by atoms with Crippen molar-refractivity contribution in [2.75, 3.05) is 11.4 Å². The summed E-state index contributed by atoms with van der Waals surface area (Å²) in [5, 5.41) is 13.2. The van der Waals surface area contributed by atoms with E-state index in [1.165, 1.54) is 16.8 Å². The lowest BCUT2D eigenvalue weighted by Gasteiger charge is -2.25. The van der Waals surface area contributed by atoms with Crippen LogP contribution in [0, 0.1) is 11.7 Å². The molecule has 3 aromatic heterocycles. The summed E-state index contributed by atoms with van der Waals surface area (Å²) in [5.74, 6) is -0.827. The van der Waals surface area contributed by atoms with Gasteiger partial charge in [0.2, 0.25) is 0 Å². The van der Waals surface area contributed by atoms with Crippen LogP contribution in [0.4, 0.5) is 10.2 Å². The molecule has 0 amide bonds. The number of aromatic carboxylic acids is 1. The van der Waals surface area contributed by atoms with Crippen LogP contribution in [-0.4, -0.2) is 37.2 Å². The number of fused-ring (bicyclic) bond motifs is 1. The molecule has 2 atom stereocenters. The van der Waals surface area contributed by atoms with E-state index in [9.17, 15) is 19.1 Å². The first-order chi connectivity index (χ1) is 12.4. The minimum Gasteiger partial charge on any atom is -0.477 e. The quantitative estimate of drug-likeness (QED) is 0.741. The van der Waals surface area contributed by atoms with Crippen molar-refractivity contribution in [1.82, 2.24) is 19.6 Å². The second kappa shape index (κ2) is 5.94. The number of aromatic amines is 1. The summed E-state index contributed by atoms with van der Waals surface area (Å²) in [6.07, 6.45) is 4.57.